The van der Waals surface area contributed by atoms with E-state index in [1.807, 2.05) is 0 Å². The average Bonchev–Trinajstić information content (AvgIpc) is 2.86. The Bertz CT molecular complexity index is 202. The summed E-state index contributed by atoms with van der Waals surface area (Å²) in [5.74, 6) is 2.12. The molecule has 15 heavy (non-hydrogen) atoms. The largest absolute Gasteiger partial charge is 0.362 e. The van der Waals surface area contributed by atoms with Gasteiger partial charge in [0.25, 0.3) is 0 Å². The minimum Gasteiger partial charge on any atom is -0.362 e. The number of hydrogen-bond acceptors (Lipinski definition) is 1. The monoisotopic (exact) mass is 228 g/mol. The standard InChI is InChI=1S/C12H24N2S/c1-8(2)11(9(3)4)7-13-12(15)14-10-5-6-10/h8-11H,5-7H2,1-4H3,(H2,13,14,15). The summed E-state index contributed by atoms with van der Waals surface area (Å²) in [4.78, 5) is 0. The molecule has 0 atom stereocenters. The van der Waals surface area contributed by atoms with Crippen LogP contribution in [0.15, 0.2) is 0 Å². The summed E-state index contributed by atoms with van der Waals surface area (Å²) in [5, 5.41) is 7.48. The lowest BCUT2D eigenvalue weighted by Gasteiger charge is -2.25. The van der Waals surface area contributed by atoms with Gasteiger partial charge in [-0.1, -0.05) is 27.7 Å². The first-order chi connectivity index (χ1) is 7.00. The molecular formula is C12H24N2S. The van der Waals surface area contributed by atoms with E-state index >= 15 is 0 Å². The predicted molar refractivity (Wildman–Crippen MR) is 69.9 cm³/mol. The van der Waals surface area contributed by atoms with Crippen LogP contribution in [0.25, 0.3) is 0 Å². The van der Waals surface area contributed by atoms with E-state index in [0.29, 0.717) is 23.8 Å². The Hall–Kier alpha value is -0.310. The van der Waals surface area contributed by atoms with Gasteiger partial charge in [-0.2, -0.15) is 0 Å². The minimum atomic E-state index is 0.654. The molecule has 0 amide bonds. The first kappa shape index (κ1) is 12.8. The van der Waals surface area contributed by atoms with Gasteiger partial charge in [0.05, 0.1) is 0 Å². The maximum Gasteiger partial charge on any atom is 0.166 e. The van der Waals surface area contributed by atoms with Gasteiger partial charge in [0, 0.05) is 12.6 Å². The molecule has 2 nitrogen and oxygen atoms in total. The van der Waals surface area contributed by atoms with Crippen molar-refractivity contribution < 1.29 is 0 Å². The third-order valence-corrected chi connectivity index (χ3v) is 3.39. The lowest BCUT2D eigenvalue weighted by molar-refractivity contribution is 0.288. The summed E-state index contributed by atoms with van der Waals surface area (Å²) >= 11 is 5.24. The van der Waals surface area contributed by atoms with E-state index in [0.717, 1.165) is 11.7 Å². The first-order valence-corrected chi connectivity index (χ1v) is 6.46. The van der Waals surface area contributed by atoms with Gasteiger partial charge in [-0.15, -0.1) is 0 Å². The summed E-state index contributed by atoms with van der Waals surface area (Å²) in [6.45, 7) is 10.1. The maximum absolute atomic E-state index is 5.24. The van der Waals surface area contributed by atoms with Crippen molar-refractivity contribution in [3.8, 4) is 0 Å². The number of hydrogen-bond donors (Lipinski definition) is 2. The number of nitrogens with one attached hydrogen (secondary N) is 2. The fourth-order valence-electron chi connectivity index (χ4n) is 1.92. The van der Waals surface area contributed by atoms with Gasteiger partial charge in [0.2, 0.25) is 0 Å². The smallest absolute Gasteiger partial charge is 0.166 e. The summed E-state index contributed by atoms with van der Waals surface area (Å²) < 4.78 is 0. The molecule has 2 N–H and O–H groups in total. The van der Waals surface area contributed by atoms with Gasteiger partial charge in [-0.25, -0.2) is 0 Å². The van der Waals surface area contributed by atoms with Crippen molar-refractivity contribution in [2.75, 3.05) is 6.54 Å². The molecule has 3 heteroatoms. The molecule has 0 aliphatic heterocycles. The van der Waals surface area contributed by atoms with E-state index in [-0.39, 0.29) is 0 Å². The molecule has 0 saturated heterocycles. The summed E-state index contributed by atoms with van der Waals surface area (Å²) in [6, 6.07) is 0.654. The number of thiocarbonyl (C=S) groups is 1. The average molecular weight is 228 g/mol. The molecule has 1 rings (SSSR count). The van der Waals surface area contributed by atoms with Crippen LogP contribution in [0.4, 0.5) is 0 Å². The van der Waals surface area contributed by atoms with Gasteiger partial charge >= 0.3 is 0 Å². The second-order valence-electron chi connectivity index (χ2n) is 5.28. The van der Waals surface area contributed by atoms with Crippen LogP contribution in [0.3, 0.4) is 0 Å². The normalized spacial score (nSPS) is 16.2. The molecule has 0 unspecified atom stereocenters. The Balaban J connectivity index is 2.22. The van der Waals surface area contributed by atoms with Crippen molar-refractivity contribution in [1.29, 1.82) is 0 Å². The Morgan fingerprint density at radius 3 is 2.13 bits per heavy atom. The Kier molecular flexibility index (Phi) is 4.84. The summed E-state index contributed by atoms with van der Waals surface area (Å²) in [6.07, 6.45) is 2.55. The highest BCUT2D eigenvalue weighted by Gasteiger charge is 2.22. The molecule has 0 aromatic carbocycles. The first-order valence-electron chi connectivity index (χ1n) is 6.05. The quantitative estimate of drug-likeness (QED) is 0.707. The van der Waals surface area contributed by atoms with Crippen molar-refractivity contribution in [3.63, 3.8) is 0 Å². The van der Waals surface area contributed by atoms with Crippen LogP contribution in [-0.4, -0.2) is 17.7 Å². The highest BCUT2D eigenvalue weighted by molar-refractivity contribution is 7.80. The van der Waals surface area contributed by atoms with E-state index in [9.17, 15) is 0 Å². The van der Waals surface area contributed by atoms with Gasteiger partial charge < -0.3 is 10.6 Å². The molecule has 1 aliphatic carbocycles. The second kappa shape index (κ2) is 5.69. The van der Waals surface area contributed by atoms with Crippen molar-refractivity contribution >= 4 is 17.3 Å². The van der Waals surface area contributed by atoms with Crippen LogP contribution < -0.4 is 10.6 Å². The van der Waals surface area contributed by atoms with Crippen LogP contribution in [0.1, 0.15) is 40.5 Å². The van der Waals surface area contributed by atoms with Gasteiger partial charge in [-0.05, 0) is 42.8 Å². The van der Waals surface area contributed by atoms with Crippen molar-refractivity contribution in [1.82, 2.24) is 10.6 Å². The van der Waals surface area contributed by atoms with Crippen molar-refractivity contribution in [2.45, 2.75) is 46.6 Å². The third kappa shape index (κ3) is 4.83. The minimum absolute atomic E-state index is 0.654. The molecular weight excluding hydrogens is 204 g/mol. The van der Waals surface area contributed by atoms with Crippen LogP contribution >= 0.6 is 12.2 Å². The van der Waals surface area contributed by atoms with Crippen LogP contribution in [-0.2, 0) is 0 Å². The van der Waals surface area contributed by atoms with E-state index in [4.69, 9.17) is 12.2 Å². The zero-order chi connectivity index (χ0) is 11.4. The lowest BCUT2D eigenvalue weighted by atomic mass is 9.85. The van der Waals surface area contributed by atoms with Crippen molar-refractivity contribution in [2.24, 2.45) is 17.8 Å². The molecule has 0 aromatic heterocycles. The second-order valence-corrected chi connectivity index (χ2v) is 5.69. The Morgan fingerprint density at radius 1 is 1.20 bits per heavy atom. The molecule has 0 bridgehead atoms. The van der Waals surface area contributed by atoms with Crippen LogP contribution in [0.5, 0.6) is 0 Å². The maximum atomic E-state index is 5.24. The van der Waals surface area contributed by atoms with E-state index in [1.165, 1.54) is 12.8 Å². The van der Waals surface area contributed by atoms with E-state index in [2.05, 4.69) is 38.3 Å². The molecule has 0 radical (unpaired) electrons. The van der Waals surface area contributed by atoms with Gasteiger partial charge in [-0.3, -0.25) is 0 Å². The zero-order valence-corrected chi connectivity index (χ0v) is 11.2. The highest BCUT2D eigenvalue weighted by atomic mass is 32.1. The topological polar surface area (TPSA) is 24.1 Å². The fourth-order valence-corrected chi connectivity index (χ4v) is 2.17. The predicted octanol–water partition coefficient (Wildman–Crippen LogP) is 2.54. The lowest BCUT2D eigenvalue weighted by Crippen LogP contribution is -2.41. The molecule has 1 saturated carbocycles. The zero-order valence-electron chi connectivity index (χ0n) is 10.3. The number of rotatable bonds is 5. The SMILES string of the molecule is CC(C)C(CNC(=S)NC1CC1)C(C)C. The Morgan fingerprint density at radius 2 is 1.73 bits per heavy atom. The summed E-state index contributed by atoms with van der Waals surface area (Å²) in [5.41, 5.74) is 0. The molecule has 0 aromatic rings. The van der Waals surface area contributed by atoms with Crippen LogP contribution in [0, 0.1) is 17.8 Å². The molecule has 88 valence electrons. The molecule has 1 fully saturated rings. The van der Waals surface area contributed by atoms with Gasteiger partial charge in [0.1, 0.15) is 0 Å². The molecule has 0 spiro atoms. The third-order valence-electron chi connectivity index (χ3n) is 3.12. The van der Waals surface area contributed by atoms with Crippen molar-refractivity contribution in [3.05, 3.63) is 0 Å². The Labute approximate surface area is 99.2 Å². The van der Waals surface area contributed by atoms with E-state index in [1.54, 1.807) is 0 Å². The van der Waals surface area contributed by atoms with Gasteiger partial charge in [0.15, 0.2) is 5.11 Å². The van der Waals surface area contributed by atoms with E-state index < -0.39 is 0 Å². The molecule has 0 heterocycles. The fraction of sp³-hybridized carbons (Fsp3) is 0.917. The molecule has 1 aliphatic rings. The summed E-state index contributed by atoms with van der Waals surface area (Å²) in [7, 11) is 0. The van der Waals surface area contributed by atoms with Crippen LogP contribution in [0.2, 0.25) is 0 Å². The highest BCUT2D eigenvalue weighted by Crippen LogP contribution is 2.20.